The first-order valence-electron chi connectivity index (χ1n) is 9.84. The van der Waals surface area contributed by atoms with Crippen molar-refractivity contribution >= 4 is 11.8 Å². The van der Waals surface area contributed by atoms with Crippen molar-refractivity contribution in [1.29, 1.82) is 0 Å². The van der Waals surface area contributed by atoms with Gasteiger partial charge in [0.25, 0.3) is 5.91 Å². The first-order valence-corrected chi connectivity index (χ1v) is 9.84. The maximum absolute atomic E-state index is 12.5. The Morgan fingerprint density at radius 1 is 1.00 bits per heavy atom. The minimum Gasteiger partial charge on any atom is -0.493 e. The molecule has 29 heavy (non-hydrogen) atoms. The summed E-state index contributed by atoms with van der Waals surface area (Å²) >= 11 is 0. The van der Waals surface area contributed by atoms with Crippen LogP contribution in [0.4, 0.5) is 0 Å². The second kappa shape index (κ2) is 11.1. The zero-order chi connectivity index (χ0) is 21.2. The number of methoxy groups -OCH3 is 1. The van der Waals surface area contributed by atoms with Crippen molar-refractivity contribution in [3.8, 4) is 11.5 Å². The molecule has 2 N–H and O–H groups in total. The van der Waals surface area contributed by atoms with Crippen molar-refractivity contribution in [3.05, 3.63) is 59.7 Å². The zero-order valence-electron chi connectivity index (χ0n) is 17.5. The van der Waals surface area contributed by atoms with E-state index in [2.05, 4.69) is 24.5 Å². The van der Waals surface area contributed by atoms with E-state index >= 15 is 0 Å². The quantitative estimate of drug-likeness (QED) is 0.642. The van der Waals surface area contributed by atoms with E-state index in [1.807, 2.05) is 30.3 Å². The summed E-state index contributed by atoms with van der Waals surface area (Å²) in [5, 5.41) is 5.53. The average molecular weight is 399 g/mol. The van der Waals surface area contributed by atoms with Crippen molar-refractivity contribution in [2.45, 2.75) is 39.8 Å². The van der Waals surface area contributed by atoms with Gasteiger partial charge in [-0.3, -0.25) is 9.59 Å². The van der Waals surface area contributed by atoms with Crippen molar-refractivity contribution in [2.24, 2.45) is 5.92 Å². The largest absolute Gasteiger partial charge is 0.493 e. The molecule has 0 saturated carbocycles. The van der Waals surface area contributed by atoms with Crippen LogP contribution < -0.4 is 20.1 Å². The Hall–Kier alpha value is -3.02. The van der Waals surface area contributed by atoms with E-state index < -0.39 is 6.04 Å². The number of ether oxygens (including phenoxy) is 2. The van der Waals surface area contributed by atoms with Gasteiger partial charge in [-0.2, -0.15) is 0 Å². The molecule has 2 rings (SSSR count). The normalized spacial score (nSPS) is 11.6. The summed E-state index contributed by atoms with van der Waals surface area (Å²) in [4.78, 5) is 24.8. The first kappa shape index (κ1) is 22.3. The van der Waals surface area contributed by atoms with Crippen LogP contribution in [0.5, 0.6) is 11.5 Å². The van der Waals surface area contributed by atoms with Gasteiger partial charge in [0, 0.05) is 12.1 Å². The van der Waals surface area contributed by atoms with Crippen molar-refractivity contribution in [3.63, 3.8) is 0 Å². The van der Waals surface area contributed by atoms with E-state index in [4.69, 9.17) is 9.47 Å². The van der Waals surface area contributed by atoms with E-state index in [0.717, 1.165) is 12.0 Å². The van der Waals surface area contributed by atoms with Gasteiger partial charge < -0.3 is 20.1 Å². The molecule has 0 bridgehead atoms. The summed E-state index contributed by atoms with van der Waals surface area (Å²) in [6.07, 6.45) is 0.932. The highest BCUT2D eigenvalue weighted by Gasteiger charge is 2.18. The summed E-state index contributed by atoms with van der Waals surface area (Å²) < 4.78 is 11.1. The van der Waals surface area contributed by atoms with Crippen LogP contribution in [0.2, 0.25) is 0 Å². The maximum Gasteiger partial charge on any atom is 0.252 e. The first-order chi connectivity index (χ1) is 13.9. The molecule has 0 spiro atoms. The minimum atomic E-state index is -0.667. The predicted octanol–water partition coefficient (Wildman–Crippen LogP) is 3.55. The van der Waals surface area contributed by atoms with E-state index in [1.54, 1.807) is 25.1 Å². The Labute approximate surface area is 172 Å². The van der Waals surface area contributed by atoms with E-state index in [0.29, 0.717) is 36.1 Å². The molecule has 156 valence electrons. The molecule has 0 fully saturated rings. The number of hydrogen-bond donors (Lipinski definition) is 2. The summed E-state index contributed by atoms with van der Waals surface area (Å²) in [5.41, 5.74) is 1.40. The molecule has 2 amide bonds. The number of carbonyl (C=O) groups excluding carboxylic acids is 2. The summed E-state index contributed by atoms with van der Waals surface area (Å²) in [6.45, 7) is 6.91. The zero-order valence-corrected chi connectivity index (χ0v) is 17.5. The molecule has 2 aromatic carbocycles. The van der Waals surface area contributed by atoms with Gasteiger partial charge in [-0.05, 0) is 43.0 Å². The number of amides is 2. The molecule has 0 aliphatic carbocycles. The number of carbonyl (C=O) groups is 2. The van der Waals surface area contributed by atoms with Gasteiger partial charge in [0.2, 0.25) is 5.91 Å². The molecule has 0 aliphatic heterocycles. The second-order valence-corrected chi connectivity index (χ2v) is 7.30. The van der Waals surface area contributed by atoms with Crippen LogP contribution in [-0.2, 0) is 11.3 Å². The highest BCUT2D eigenvalue weighted by Crippen LogP contribution is 2.28. The third-order valence-corrected chi connectivity index (χ3v) is 4.43. The number of rotatable bonds is 10. The molecule has 6 nitrogen and oxygen atoms in total. The molecule has 1 atom stereocenters. The molecule has 0 aromatic heterocycles. The standard InChI is InChI=1S/C23H30N2O4/c1-16(2)12-13-29-20-11-10-19(14-21(20)28-4)23(27)25-17(3)22(26)24-15-18-8-6-5-7-9-18/h5-11,14,16-17H,12-13,15H2,1-4H3,(H,24,26)(H,25,27). The molecular weight excluding hydrogens is 368 g/mol. The van der Waals surface area contributed by atoms with Crippen molar-refractivity contribution in [2.75, 3.05) is 13.7 Å². The van der Waals surface area contributed by atoms with Gasteiger partial charge in [0.05, 0.1) is 13.7 Å². The van der Waals surface area contributed by atoms with Crippen LogP contribution in [0.3, 0.4) is 0 Å². The van der Waals surface area contributed by atoms with Crippen molar-refractivity contribution < 1.29 is 19.1 Å². The predicted molar refractivity (Wildman–Crippen MR) is 113 cm³/mol. The number of benzene rings is 2. The van der Waals surface area contributed by atoms with E-state index in [-0.39, 0.29) is 11.8 Å². The Kier molecular flexibility index (Phi) is 8.52. The maximum atomic E-state index is 12.5. The molecule has 0 saturated heterocycles. The topological polar surface area (TPSA) is 76.7 Å². The lowest BCUT2D eigenvalue weighted by Crippen LogP contribution is -2.44. The Balaban J connectivity index is 1.92. The van der Waals surface area contributed by atoms with Crippen LogP contribution in [-0.4, -0.2) is 31.6 Å². The van der Waals surface area contributed by atoms with Gasteiger partial charge in [0.1, 0.15) is 6.04 Å². The lowest BCUT2D eigenvalue weighted by atomic mass is 10.1. The Bertz CT molecular complexity index is 806. The molecule has 1 unspecified atom stereocenters. The van der Waals surface area contributed by atoms with Crippen LogP contribution in [0, 0.1) is 5.92 Å². The van der Waals surface area contributed by atoms with Gasteiger partial charge in [-0.25, -0.2) is 0 Å². The molecular formula is C23H30N2O4. The fourth-order valence-corrected chi connectivity index (χ4v) is 2.62. The molecule has 0 radical (unpaired) electrons. The van der Waals surface area contributed by atoms with Crippen LogP contribution >= 0.6 is 0 Å². The van der Waals surface area contributed by atoms with Gasteiger partial charge in [-0.1, -0.05) is 44.2 Å². The van der Waals surface area contributed by atoms with Gasteiger partial charge in [-0.15, -0.1) is 0 Å². The van der Waals surface area contributed by atoms with Gasteiger partial charge >= 0.3 is 0 Å². The number of nitrogens with one attached hydrogen (secondary N) is 2. The lowest BCUT2D eigenvalue weighted by Gasteiger charge is -2.16. The van der Waals surface area contributed by atoms with Gasteiger partial charge in [0.15, 0.2) is 11.5 Å². The summed E-state index contributed by atoms with van der Waals surface area (Å²) in [6, 6.07) is 13.9. The van der Waals surface area contributed by atoms with Crippen LogP contribution in [0.25, 0.3) is 0 Å². The third kappa shape index (κ3) is 7.14. The summed E-state index contributed by atoms with van der Waals surface area (Å²) in [7, 11) is 1.53. The molecule has 6 heteroatoms. The highest BCUT2D eigenvalue weighted by atomic mass is 16.5. The highest BCUT2D eigenvalue weighted by molar-refractivity contribution is 5.97. The van der Waals surface area contributed by atoms with Crippen molar-refractivity contribution in [1.82, 2.24) is 10.6 Å². The van der Waals surface area contributed by atoms with Crippen LogP contribution in [0.15, 0.2) is 48.5 Å². The lowest BCUT2D eigenvalue weighted by molar-refractivity contribution is -0.122. The van der Waals surface area contributed by atoms with E-state index in [1.165, 1.54) is 7.11 Å². The third-order valence-electron chi connectivity index (χ3n) is 4.43. The summed E-state index contributed by atoms with van der Waals surface area (Å²) in [5.74, 6) is 1.03. The number of hydrogen-bond acceptors (Lipinski definition) is 4. The monoisotopic (exact) mass is 398 g/mol. The fraction of sp³-hybridized carbons (Fsp3) is 0.391. The SMILES string of the molecule is COc1cc(C(=O)NC(C)C(=O)NCc2ccccc2)ccc1OCCC(C)C. The molecule has 0 heterocycles. The average Bonchev–Trinajstić information content (AvgIpc) is 2.72. The fourth-order valence-electron chi connectivity index (χ4n) is 2.62. The minimum absolute atomic E-state index is 0.247. The molecule has 0 aliphatic rings. The second-order valence-electron chi connectivity index (χ2n) is 7.30. The molecule has 2 aromatic rings. The van der Waals surface area contributed by atoms with E-state index in [9.17, 15) is 9.59 Å². The van der Waals surface area contributed by atoms with Crippen LogP contribution in [0.1, 0.15) is 43.1 Å². The Morgan fingerprint density at radius 2 is 1.72 bits per heavy atom. The Morgan fingerprint density at radius 3 is 2.38 bits per heavy atom. The smallest absolute Gasteiger partial charge is 0.252 e.